The molecule has 6 heteroatoms. The van der Waals surface area contributed by atoms with E-state index in [1.54, 1.807) is 12.1 Å². The summed E-state index contributed by atoms with van der Waals surface area (Å²) in [6, 6.07) is 6.34. The standard InChI is InChI=1S/C13H18N2O3.ClH/c16-15(17)12-5-4-6-13(11-12)18-10-9-14-7-2-1-3-8-14;/h4-6,11H,1-3,7-10H2;1H. The van der Waals surface area contributed by atoms with Crippen LogP contribution in [0.5, 0.6) is 5.75 Å². The van der Waals surface area contributed by atoms with E-state index in [0.29, 0.717) is 12.4 Å². The Morgan fingerprint density at radius 2 is 2.00 bits per heavy atom. The van der Waals surface area contributed by atoms with Crippen LogP contribution >= 0.6 is 12.4 Å². The molecule has 0 bridgehead atoms. The maximum Gasteiger partial charge on any atom is 0.273 e. The normalized spacial score (nSPS) is 15.6. The minimum atomic E-state index is -0.405. The third kappa shape index (κ3) is 5.04. The first-order valence-corrected chi connectivity index (χ1v) is 6.35. The van der Waals surface area contributed by atoms with E-state index in [2.05, 4.69) is 4.90 Å². The molecule has 0 N–H and O–H groups in total. The number of nitro benzene ring substituents is 1. The molecule has 0 aromatic heterocycles. The van der Waals surface area contributed by atoms with E-state index in [0.717, 1.165) is 19.6 Å². The summed E-state index contributed by atoms with van der Waals surface area (Å²) in [4.78, 5) is 12.6. The van der Waals surface area contributed by atoms with Gasteiger partial charge in [0.15, 0.2) is 0 Å². The minimum absolute atomic E-state index is 0. The summed E-state index contributed by atoms with van der Waals surface area (Å²) in [5, 5.41) is 10.6. The summed E-state index contributed by atoms with van der Waals surface area (Å²) in [7, 11) is 0. The molecular formula is C13H19ClN2O3. The monoisotopic (exact) mass is 286 g/mol. The van der Waals surface area contributed by atoms with Crippen molar-refractivity contribution in [1.82, 2.24) is 4.90 Å². The van der Waals surface area contributed by atoms with E-state index in [1.165, 1.54) is 31.4 Å². The van der Waals surface area contributed by atoms with Crippen LogP contribution in [0.25, 0.3) is 0 Å². The van der Waals surface area contributed by atoms with Gasteiger partial charge in [-0.2, -0.15) is 0 Å². The van der Waals surface area contributed by atoms with Crippen molar-refractivity contribution in [3.63, 3.8) is 0 Å². The van der Waals surface area contributed by atoms with Crippen LogP contribution in [0.1, 0.15) is 19.3 Å². The predicted molar refractivity (Wildman–Crippen MR) is 76.1 cm³/mol. The Hall–Kier alpha value is -1.33. The molecule has 0 spiro atoms. The third-order valence-electron chi connectivity index (χ3n) is 3.15. The summed E-state index contributed by atoms with van der Waals surface area (Å²) in [6.45, 7) is 3.75. The predicted octanol–water partition coefficient (Wildman–Crippen LogP) is 2.88. The number of benzene rings is 1. The molecule has 0 amide bonds. The molecule has 0 aliphatic carbocycles. The van der Waals surface area contributed by atoms with Gasteiger partial charge in [0.2, 0.25) is 0 Å². The van der Waals surface area contributed by atoms with Crippen molar-refractivity contribution in [2.24, 2.45) is 0 Å². The highest BCUT2D eigenvalue weighted by atomic mass is 35.5. The minimum Gasteiger partial charge on any atom is -0.492 e. The van der Waals surface area contributed by atoms with Gasteiger partial charge in [-0.3, -0.25) is 15.0 Å². The first-order chi connectivity index (χ1) is 8.75. The molecule has 2 rings (SSSR count). The molecule has 0 saturated carbocycles. The van der Waals surface area contributed by atoms with Crippen LogP contribution in [-0.4, -0.2) is 36.1 Å². The van der Waals surface area contributed by atoms with Crippen LogP contribution in [-0.2, 0) is 0 Å². The number of ether oxygens (including phenoxy) is 1. The number of non-ortho nitro benzene ring substituents is 1. The number of nitro groups is 1. The molecule has 1 saturated heterocycles. The van der Waals surface area contributed by atoms with E-state index in [9.17, 15) is 10.1 Å². The van der Waals surface area contributed by atoms with Gasteiger partial charge < -0.3 is 4.74 Å². The van der Waals surface area contributed by atoms with Gasteiger partial charge in [0.25, 0.3) is 5.69 Å². The van der Waals surface area contributed by atoms with Crippen LogP contribution in [0.4, 0.5) is 5.69 Å². The highest BCUT2D eigenvalue weighted by Gasteiger charge is 2.10. The number of halogens is 1. The average molecular weight is 287 g/mol. The zero-order valence-corrected chi connectivity index (χ0v) is 11.6. The molecule has 19 heavy (non-hydrogen) atoms. The van der Waals surface area contributed by atoms with Crippen molar-refractivity contribution in [3.05, 3.63) is 34.4 Å². The zero-order chi connectivity index (χ0) is 12.8. The maximum atomic E-state index is 10.6. The molecule has 106 valence electrons. The molecule has 1 aromatic carbocycles. The number of piperidine rings is 1. The zero-order valence-electron chi connectivity index (χ0n) is 10.8. The lowest BCUT2D eigenvalue weighted by Gasteiger charge is -2.26. The lowest BCUT2D eigenvalue weighted by molar-refractivity contribution is -0.384. The second-order valence-corrected chi connectivity index (χ2v) is 4.51. The highest BCUT2D eigenvalue weighted by Crippen LogP contribution is 2.19. The summed E-state index contributed by atoms with van der Waals surface area (Å²) in [5.74, 6) is 0.571. The van der Waals surface area contributed by atoms with E-state index >= 15 is 0 Å². The van der Waals surface area contributed by atoms with Gasteiger partial charge in [-0.15, -0.1) is 12.4 Å². The van der Waals surface area contributed by atoms with Gasteiger partial charge in [0, 0.05) is 12.6 Å². The van der Waals surface area contributed by atoms with Crippen LogP contribution in [0, 0.1) is 10.1 Å². The number of likely N-dealkylation sites (tertiary alicyclic amines) is 1. The summed E-state index contributed by atoms with van der Waals surface area (Å²) >= 11 is 0. The second kappa shape index (κ2) is 7.96. The largest absolute Gasteiger partial charge is 0.492 e. The maximum absolute atomic E-state index is 10.6. The van der Waals surface area contributed by atoms with Crippen molar-refractivity contribution in [3.8, 4) is 5.75 Å². The van der Waals surface area contributed by atoms with Crippen molar-refractivity contribution in [2.45, 2.75) is 19.3 Å². The van der Waals surface area contributed by atoms with E-state index < -0.39 is 4.92 Å². The van der Waals surface area contributed by atoms with Crippen molar-refractivity contribution < 1.29 is 9.66 Å². The Morgan fingerprint density at radius 1 is 1.26 bits per heavy atom. The molecule has 0 radical (unpaired) electrons. The van der Waals surface area contributed by atoms with Gasteiger partial charge in [0.1, 0.15) is 12.4 Å². The van der Waals surface area contributed by atoms with Crippen molar-refractivity contribution in [2.75, 3.05) is 26.2 Å². The van der Waals surface area contributed by atoms with Gasteiger partial charge in [-0.1, -0.05) is 12.5 Å². The lowest BCUT2D eigenvalue weighted by atomic mass is 10.1. The number of nitrogens with zero attached hydrogens (tertiary/aromatic N) is 2. The highest BCUT2D eigenvalue weighted by molar-refractivity contribution is 5.85. The van der Waals surface area contributed by atoms with Gasteiger partial charge >= 0.3 is 0 Å². The fraction of sp³-hybridized carbons (Fsp3) is 0.538. The molecule has 0 atom stereocenters. The first-order valence-electron chi connectivity index (χ1n) is 6.35. The molecule has 0 unspecified atom stereocenters. The Bertz CT molecular complexity index is 409. The molecule has 1 aliphatic heterocycles. The molecular weight excluding hydrogens is 268 g/mol. The Labute approximate surface area is 119 Å². The third-order valence-corrected chi connectivity index (χ3v) is 3.15. The average Bonchev–Trinajstić information content (AvgIpc) is 2.40. The SMILES string of the molecule is Cl.O=[N+]([O-])c1cccc(OCCN2CCCCC2)c1. The Kier molecular flexibility index (Phi) is 6.59. The summed E-state index contributed by atoms with van der Waals surface area (Å²) in [6.07, 6.45) is 3.84. The Balaban J connectivity index is 0.00000180. The molecule has 1 aliphatic rings. The summed E-state index contributed by atoms with van der Waals surface area (Å²) < 4.78 is 5.55. The lowest BCUT2D eigenvalue weighted by Crippen LogP contribution is -2.33. The number of rotatable bonds is 5. The van der Waals surface area contributed by atoms with E-state index in [1.807, 2.05) is 0 Å². The molecule has 1 heterocycles. The van der Waals surface area contributed by atoms with E-state index in [-0.39, 0.29) is 18.1 Å². The van der Waals surface area contributed by atoms with Gasteiger partial charge in [0.05, 0.1) is 11.0 Å². The number of hydrogen-bond donors (Lipinski definition) is 0. The fourth-order valence-electron chi connectivity index (χ4n) is 2.16. The van der Waals surface area contributed by atoms with Crippen LogP contribution in [0.2, 0.25) is 0 Å². The van der Waals surface area contributed by atoms with E-state index in [4.69, 9.17) is 4.74 Å². The van der Waals surface area contributed by atoms with Gasteiger partial charge in [-0.05, 0) is 32.0 Å². The van der Waals surface area contributed by atoms with Crippen molar-refractivity contribution in [1.29, 1.82) is 0 Å². The fourth-order valence-corrected chi connectivity index (χ4v) is 2.16. The molecule has 1 aromatic rings. The Morgan fingerprint density at radius 3 is 2.68 bits per heavy atom. The topological polar surface area (TPSA) is 55.6 Å². The first kappa shape index (κ1) is 15.7. The quantitative estimate of drug-likeness (QED) is 0.617. The van der Waals surface area contributed by atoms with Gasteiger partial charge in [-0.25, -0.2) is 0 Å². The second-order valence-electron chi connectivity index (χ2n) is 4.51. The smallest absolute Gasteiger partial charge is 0.273 e. The van der Waals surface area contributed by atoms with Crippen LogP contribution < -0.4 is 4.74 Å². The van der Waals surface area contributed by atoms with Crippen LogP contribution in [0.15, 0.2) is 24.3 Å². The molecule has 1 fully saturated rings. The summed E-state index contributed by atoms with van der Waals surface area (Å²) in [5.41, 5.74) is 0.0745. The molecule has 5 nitrogen and oxygen atoms in total. The number of hydrogen-bond acceptors (Lipinski definition) is 4. The van der Waals surface area contributed by atoms with Crippen LogP contribution in [0.3, 0.4) is 0 Å². The van der Waals surface area contributed by atoms with Crippen molar-refractivity contribution >= 4 is 18.1 Å².